The lowest BCUT2D eigenvalue weighted by Gasteiger charge is -2.26. The van der Waals surface area contributed by atoms with E-state index in [0.717, 1.165) is 155 Å². The van der Waals surface area contributed by atoms with Crippen molar-refractivity contribution in [3.8, 4) is 79.6 Å². The van der Waals surface area contributed by atoms with Crippen LogP contribution in [0.5, 0.6) is 0 Å². The summed E-state index contributed by atoms with van der Waals surface area (Å²) in [5, 5.41) is 35.0. The van der Waals surface area contributed by atoms with Gasteiger partial charge in [-0.05, 0) is 168 Å². The first kappa shape index (κ1) is 59.0. The Kier molecular flexibility index (Phi) is 12.8. The number of aromatic nitrogens is 6. The summed E-state index contributed by atoms with van der Waals surface area (Å²) in [5.74, 6) is 0. The Labute approximate surface area is 607 Å². The maximum atomic E-state index is 10.6. The molecule has 0 aliphatic carbocycles. The van der Waals surface area contributed by atoms with Gasteiger partial charge >= 0.3 is 0 Å². The highest BCUT2D eigenvalue weighted by Gasteiger charge is 2.30. The zero-order valence-electron chi connectivity index (χ0n) is 57.1. The SMILES string of the molecule is N#Cc1ccc(-c2c(-n3c4ccc(-n5c6ccccc6c6ccccc65)cc4c4cc(-n5c6ccccc6c6ccccc65)ccc43)cc(-n3c4ccc(-n5c6ccccc6c6ccccc65)cc4c4cc(-n5c6ccccc6c6ccccc65)ccc43)c(-c3ccc(C#N)cc3)c2-c2ccccc2)cc1. The van der Waals surface area contributed by atoms with E-state index in [0.29, 0.717) is 11.1 Å². The second-order valence-electron chi connectivity index (χ2n) is 27.7. The molecule has 0 saturated carbocycles. The van der Waals surface area contributed by atoms with Crippen LogP contribution in [0.25, 0.3) is 198 Å². The summed E-state index contributed by atoms with van der Waals surface area (Å²) in [4.78, 5) is 0. The highest BCUT2D eigenvalue weighted by molar-refractivity contribution is 6.19. The van der Waals surface area contributed by atoms with E-state index in [1.54, 1.807) is 0 Å². The normalized spacial score (nSPS) is 11.9. The van der Waals surface area contributed by atoms with E-state index in [2.05, 4.69) is 367 Å². The van der Waals surface area contributed by atoms with Crippen molar-refractivity contribution < 1.29 is 0 Å². The number of nitrogens with zero attached hydrogens (tertiary/aromatic N) is 8. The molecule has 0 saturated heterocycles. The summed E-state index contributed by atoms with van der Waals surface area (Å²) in [5.41, 5.74) is 26.1. The summed E-state index contributed by atoms with van der Waals surface area (Å²) in [6.45, 7) is 0. The van der Waals surface area contributed by atoms with Gasteiger partial charge in [-0.3, -0.25) is 0 Å². The molecule has 6 aromatic heterocycles. The summed E-state index contributed by atoms with van der Waals surface area (Å²) >= 11 is 0. The Bertz CT molecular complexity index is 6600. The van der Waals surface area contributed by atoms with Crippen molar-refractivity contribution in [2.75, 3.05) is 0 Å². The molecule has 0 aliphatic heterocycles. The number of para-hydroxylation sites is 8. The molecule has 0 bridgehead atoms. The van der Waals surface area contributed by atoms with Crippen LogP contribution in [0.1, 0.15) is 11.1 Å². The van der Waals surface area contributed by atoms with Gasteiger partial charge in [0.25, 0.3) is 0 Å². The molecule has 8 nitrogen and oxygen atoms in total. The second-order valence-corrected chi connectivity index (χ2v) is 27.7. The lowest BCUT2D eigenvalue weighted by Crippen LogP contribution is -2.07. The largest absolute Gasteiger partial charge is 0.309 e. The number of nitriles is 2. The van der Waals surface area contributed by atoms with Crippen LogP contribution in [-0.2, 0) is 0 Å². The van der Waals surface area contributed by atoms with Crippen molar-refractivity contribution in [2.24, 2.45) is 0 Å². The highest BCUT2D eigenvalue weighted by Crippen LogP contribution is 2.52. The van der Waals surface area contributed by atoms with Crippen LogP contribution in [0.4, 0.5) is 0 Å². The zero-order valence-corrected chi connectivity index (χ0v) is 57.1. The summed E-state index contributed by atoms with van der Waals surface area (Å²) < 4.78 is 14.7. The smallest absolute Gasteiger partial charge is 0.0991 e. The van der Waals surface area contributed by atoms with Crippen LogP contribution in [0.3, 0.4) is 0 Å². The minimum atomic E-state index is 0.563. The van der Waals surface area contributed by atoms with E-state index >= 15 is 0 Å². The summed E-state index contributed by atoms with van der Waals surface area (Å²) in [6, 6.07) is 133. The second kappa shape index (κ2) is 22.9. The number of rotatable bonds is 9. The first-order valence-electron chi connectivity index (χ1n) is 35.9. The number of hydrogen-bond donors (Lipinski definition) is 0. The molecule has 0 spiro atoms. The fraction of sp³-hybridized carbons (Fsp3) is 0. The third kappa shape index (κ3) is 8.55. The molecule has 0 amide bonds. The lowest BCUT2D eigenvalue weighted by molar-refractivity contribution is 1.13. The number of fused-ring (bicyclic) bond motifs is 18. The van der Waals surface area contributed by atoms with Gasteiger partial charge in [-0.1, -0.05) is 200 Å². The van der Waals surface area contributed by atoms with E-state index in [1.165, 1.54) is 43.1 Å². The van der Waals surface area contributed by atoms with Gasteiger partial charge in [0.05, 0.1) is 101 Å². The minimum Gasteiger partial charge on any atom is -0.309 e. The molecule has 16 aromatic carbocycles. The van der Waals surface area contributed by atoms with Gasteiger partial charge in [0.15, 0.2) is 0 Å². The van der Waals surface area contributed by atoms with Crippen LogP contribution >= 0.6 is 0 Å². The molecular formula is C98H58N8. The van der Waals surface area contributed by atoms with Gasteiger partial charge < -0.3 is 27.4 Å². The van der Waals surface area contributed by atoms with E-state index in [1.807, 2.05) is 24.3 Å². The molecule has 0 atom stereocenters. The van der Waals surface area contributed by atoms with Crippen LogP contribution in [0.15, 0.2) is 352 Å². The molecule has 8 heteroatoms. The molecule has 106 heavy (non-hydrogen) atoms. The van der Waals surface area contributed by atoms with Crippen LogP contribution in [0, 0.1) is 22.7 Å². The third-order valence-corrected chi connectivity index (χ3v) is 22.3. The Morgan fingerprint density at radius 2 is 0.387 bits per heavy atom. The lowest BCUT2D eigenvalue weighted by atomic mass is 9.84. The number of hydrogen-bond acceptors (Lipinski definition) is 2. The molecule has 0 aliphatic rings. The first-order valence-corrected chi connectivity index (χ1v) is 35.9. The topological polar surface area (TPSA) is 77.2 Å². The van der Waals surface area contributed by atoms with Gasteiger partial charge in [0, 0.05) is 104 Å². The van der Waals surface area contributed by atoms with Crippen molar-refractivity contribution in [1.29, 1.82) is 10.5 Å². The summed E-state index contributed by atoms with van der Waals surface area (Å²) in [6.07, 6.45) is 0. The average molecular weight is 1350 g/mol. The number of benzene rings is 16. The average Bonchev–Trinajstić information content (AvgIpc) is 1.54. The molecule has 6 heterocycles. The van der Waals surface area contributed by atoms with Crippen molar-refractivity contribution in [3.63, 3.8) is 0 Å². The Morgan fingerprint density at radius 3 is 0.632 bits per heavy atom. The van der Waals surface area contributed by atoms with Crippen LogP contribution in [0.2, 0.25) is 0 Å². The highest BCUT2D eigenvalue weighted by atomic mass is 15.1. The molecule has 490 valence electrons. The summed E-state index contributed by atoms with van der Waals surface area (Å²) in [7, 11) is 0. The maximum Gasteiger partial charge on any atom is 0.0991 e. The van der Waals surface area contributed by atoms with E-state index < -0.39 is 0 Å². The molecule has 0 N–H and O–H groups in total. The Morgan fingerprint density at radius 1 is 0.170 bits per heavy atom. The van der Waals surface area contributed by atoms with Crippen molar-refractivity contribution in [3.05, 3.63) is 363 Å². The van der Waals surface area contributed by atoms with Crippen molar-refractivity contribution in [1.82, 2.24) is 27.4 Å². The van der Waals surface area contributed by atoms with Gasteiger partial charge in [0.1, 0.15) is 0 Å². The van der Waals surface area contributed by atoms with Gasteiger partial charge in [-0.25, -0.2) is 0 Å². The fourth-order valence-electron chi connectivity index (χ4n) is 17.8. The Hall–Kier alpha value is -14.7. The van der Waals surface area contributed by atoms with E-state index in [-0.39, 0.29) is 0 Å². The predicted molar refractivity (Wildman–Crippen MR) is 438 cm³/mol. The van der Waals surface area contributed by atoms with Crippen LogP contribution in [-0.4, -0.2) is 27.4 Å². The zero-order chi connectivity index (χ0) is 69.8. The Balaban J connectivity index is 0.910. The van der Waals surface area contributed by atoms with Crippen molar-refractivity contribution >= 4 is 131 Å². The van der Waals surface area contributed by atoms with Gasteiger partial charge in [-0.2, -0.15) is 10.5 Å². The molecule has 0 radical (unpaired) electrons. The molecular weight excluding hydrogens is 1290 g/mol. The van der Waals surface area contributed by atoms with E-state index in [4.69, 9.17) is 0 Å². The molecule has 22 rings (SSSR count). The minimum absolute atomic E-state index is 0.563. The first-order chi connectivity index (χ1) is 52.5. The van der Waals surface area contributed by atoms with Crippen molar-refractivity contribution in [2.45, 2.75) is 0 Å². The molecule has 22 aromatic rings. The third-order valence-electron chi connectivity index (χ3n) is 22.3. The standard InChI is InChI=1S/C98H58N8/c99-59-61-38-42-64(43-39-61)96-94(105-90-50-46-66(101-82-30-12-4-22-70(82)71-23-5-13-31-83(71)101)54-78(90)79-55-67(47-51-91(79)105)102-84-32-14-6-24-72(84)73-25-7-15-33-85(73)102)58-95(97(65-44-40-62(60-100)41-45-65)98(96)63-20-2-1-3-21-63)106-92-52-48-68(103-86-34-16-8-26-74(86)75-27-9-17-35-87(75)103)56-80(92)81-57-69(49-53-93(81)106)104-88-36-18-10-28-76(88)77-29-11-19-37-89(77)104/h1-58H. The monoisotopic (exact) mass is 1350 g/mol. The van der Waals surface area contributed by atoms with Gasteiger partial charge in [0.2, 0.25) is 0 Å². The molecule has 0 fully saturated rings. The quantitative estimate of drug-likeness (QED) is 0.144. The van der Waals surface area contributed by atoms with E-state index in [9.17, 15) is 10.5 Å². The molecule has 0 unspecified atom stereocenters. The predicted octanol–water partition coefficient (Wildman–Crippen LogP) is 25.0. The maximum absolute atomic E-state index is 10.6. The van der Waals surface area contributed by atoms with Crippen LogP contribution < -0.4 is 0 Å². The van der Waals surface area contributed by atoms with Gasteiger partial charge in [-0.15, -0.1) is 0 Å². The fourth-order valence-corrected chi connectivity index (χ4v) is 17.8.